The molecule has 0 fully saturated rings. The molecule has 1 unspecified atom stereocenters. The fraction of sp³-hybridized carbons (Fsp3) is 0.500. The van der Waals surface area contributed by atoms with Crippen LogP contribution >= 0.6 is 11.6 Å². The molecule has 1 N–H and O–H groups in total. The summed E-state index contributed by atoms with van der Waals surface area (Å²) in [7, 11) is 0. The molecule has 1 rings (SSSR count). The van der Waals surface area contributed by atoms with E-state index < -0.39 is 12.0 Å². The normalized spacial score (nSPS) is 12.2. The van der Waals surface area contributed by atoms with Gasteiger partial charge in [-0.15, -0.1) is 0 Å². The molecule has 0 aliphatic rings. The van der Waals surface area contributed by atoms with Crippen LogP contribution in [0.3, 0.4) is 0 Å². The van der Waals surface area contributed by atoms with Gasteiger partial charge in [0.1, 0.15) is 6.04 Å². The molecule has 4 heteroatoms. The van der Waals surface area contributed by atoms with Crippen LogP contribution in [0.4, 0.5) is 5.69 Å². The van der Waals surface area contributed by atoms with Crippen LogP contribution in [0, 0.1) is 6.92 Å². The monoisotopic (exact) mass is 269 g/mol. The highest BCUT2D eigenvalue weighted by Crippen LogP contribution is 2.25. The third kappa shape index (κ3) is 3.39. The molecule has 1 aromatic carbocycles. The van der Waals surface area contributed by atoms with E-state index in [1.165, 1.54) is 0 Å². The first-order valence-electron chi connectivity index (χ1n) is 6.26. The number of carbonyl (C=O) groups is 1. The zero-order valence-corrected chi connectivity index (χ0v) is 11.9. The Bertz CT molecular complexity index is 420. The fourth-order valence-corrected chi connectivity index (χ4v) is 2.17. The highest BCUT2D eigenvalue weighted by atomic mass is 35.5. The van der Waals surface area contributed by atoms with Gasteiger partial charge in [-0.25, -0.2) is 4.79 Å². The van der Waals surface area contributed by atoms with Crippen molar-refractivity contribution in [3.8, 4) is 0 Å². The Morgan fingerprint density at radius 1 is 1.44 bits per heavy atom. The Kier molecular flexibility index (Phi) is 5.48. The van der Waals surface area contributed by atoms with E-state index in [9.17, 15) is 9.90 Å². The van der Waals surface area contributed by atoms with Crippen LogP contribution in [0.5, 0.6) is 0 Å². The van der Waals surface area contributed by atoms with E-state index in [0.717, 1.165) is 17.7 Å². The van der Waals surface area contributed by atoms with Crippen molar-refractivity contribution >= 4 is 23.3 Å². The lowest BCUT2D eigenvalue weighted by Crippen LogP contribution is -2.41. The van der Waals surface area contributed by atoms with Gasteiger partial charge in [-0.1, -0.05) is 31.5 Å². The zero-order chi connectivity index (χ0) is 13.7. The SMILES string of the molecule is CCCN(c1ccc(C)c(Cl)c1)C(CC)C(=O)O. The number of halogens is 1. The lowest BCUT2D eigenvalue weighted by molar-refractivity contribution is -0.138. The topological polar surface area (TPSA) is 40.5 Å². The van der Waals surface area contributed by atoms with Gasteiger partial charge >= 0.3 is 5.97 Å². The van der Waals surface area contributed by atoms with Crippen LogP contribution in [0.2, 0.25) is 5.02 Å². The van der Waals surface area contributed by atoms with Gasteiger partial charge < -0.3 is 10.0 Å². The Morgan fingerprint density at radius 2 is 2.11 bits per heavy atom. The molecule has 0 heterocycles. The number of carboxylic acid groups (broad SMARTS) is 1. The third-order valence-corrected chi connectivity index (χ3v) is 3.41. The van der Waals surface area contributed by atoms with Gasteiger partial charge in [0, 0.05) is 17.3 Å². The summed E-state index contributed by atoms with van der Waals surface area (Å²) in [6.45, 7) is 6.57. The van der Waals surface area contributed by atoms with Crippen LogP contribution in [-0.2, 0) is 4.79 Å². The van der Waals surface area contributed by atoms with Crippen molar-refractivity contribution in [2.45, 2.75) is 39.7 Å². The average molecular weight is 270 g/mol. The molecule has 18 heavy (non-hydrogen) atoms. The molecule has 3 nitrogen and oxygen atoms in total. The van der Waals surface area contributed by atoms with E-state index in [1.807, 2.05) is 43.9 Å². The Hall–Kier alpha value is -1.22. The number of benzene rings is 1. The smallest absolute Gasteiger partial charge is 0.326 e. The molecule has 0 aliphatic carbocycles. The van der Waals surface area contributed by atoms with Crippen molar-refractivity contribution < 1.29 is 9.90 Å². The molecule has 1 aromatic rings. The minimum Gasteiger partial charge on any atom is -0.480 e. The minimum atomic E-state index is -0.789. The van der Waals surface area contributed by atoms with Crippen LogP contribution in [-0.4, -0.2) is 23.7 Å². The first-order valence-corrected chi connectivity index (χ1v) is 6.64. The molecule has 0 bridgehead atoms. The molecular formula is C14H20ClNO2. The second-order valence-electron chi connectivity index (χ2n) is 4.39. The highest BCUT2D eigenvalue weighted by molar-refractivity contribution is 6.31. The first-order chi connectivity index (χ1) is 8.51. The van der Waals surface area contributed by atoms with E-state index in [0.29, 0.717) is 18.0 Å². The number of hydrogen-bond donors (Lipinski definition) is 1. The van der Waals surface area contributed by atoms with Crippen molar-refractivity contribution in [2.24, 2.45) is 0 Å². The number of nitrogens with zero attached hydrogens (tertiary/aromatic N) is 1. The maximum atomic E-state index is 11.3. The zero-order valence-electron chi connectivity index (χ0n) is 11.1. The molecule has 0 radical (unpaired) electrons. The number of carboxylic acids is 1. The van der Waals surface area contributed by atoms with E-state index in [-0.39, 0.29) is 0 Å². The van der Waals surface area contributed by atoms with Gasteiger partial charge in [0.15, 0.2) is 0 Å². The van der Waals surface area contributed by atoms with Crippen molar-refractivity contribution in [2.75, 3.05) is 11.4 Å². The van der Waals surface area contributed by atoms with Gasteiger partial charge in [0.2, 0.25) is 0 Å². The van der Waals surface area contributed by atoms with E-state index in [1.54, 1.807) is 0 Å². The number of anilines is 1. The predicted octanol–water partition coefficient (Wildman–Crippen LogP) is 3.73. The van der Waals surface area contributed by atoms with Gasteiger partial charge in [0.05, 0.1) is 0 Å². The summed E-state index contributed by atoms with van der Waals surface area (Å²) in [5, 5.41) is 9.96. The van der Waals surface area contributed by atoms with Crippen LogP contribution < -0.4 is 4.90 Å². The Morgan fingerprint density at radius 3 is 2.56 bits per heavy atom. The second kappa shape index (κ2) is 6.64. The van der Waals surface area contributed by atoms with Gasteiger partial charge in [-0.05, 0) is 37.5 Å². The molecule has 0 saturated heterocycles. The average Bonchev–Trinajstić information content (AvgIpc) is 2.32. The van der Waals surface area contributed by atoms with Crippen LogP contribution in [0.25, 0.3) is 0 Å². The Labute approximate surface area is 113 Å². The molecule has 0 aliphatic heterocycles. The fourth-order valence-electron chi connectivity index (χ4n) is 1.99. The largest absolute Gasteiger partial charge is 0.480 e. The minimum absolute atomic E-state index is 0.497. The van der Waals surface area contributed by atoms with Crippen molar-refractivity contribution in [1.29, 1.82) is 0 Å². The number of aliphatic carboxylic acids is 1. The maximum Gasteiger partial charge on any atom is 0.326 e. The van der Waals surface area contributed by atoms with E-state index in [4.69, 9.17) is 11.6 Å². The van der Waals surface area contributed by atoms with Crippen molar-refractivity contribution in [3.05, 3.63) is 28.8 Å². The summed E-state index contributed by atoms with van der Waals surface area (Å²) >= 11 is 6.11. The molecule has 0 saturated carbocycles. The van der Waals surface area contributed by atoms with Crippen LogP contribution in [0.15, 0.2) is 18.2 Å². The summed E-state index contributed by atoms with van der Waals surface area (Å²) in [5.74, 6) is -0.789. The van der Waals surface area contributed by atoms with Crippen molar-refractivity contribution in [3.63, 3.8) is 0 Å². The number of hydrogen-bond acceptors (Lipinski definition) is 2. The summed E-state index contributed by atoms with van der Waals surface area (Å²) < 4.78 is 0. The van der Waals surface area contributed by atoms with Crippen molar-refractivity contribution in [1.82, 2.24) is 0 Å². The molecule has 100 valence electrons. The van der Waals surface area contributed by atoms with E-state index in [2.05, 4.69) is 0 Å². The Balaban J connectivity index is 3.10. The highest BCUT2D eigenvalue weighted by Gasteiger charge is 2.23. The van der Waals surface area contributed by atoms with E-state index >= 15 is 0 Å². The first kappa shape index (κ1) is 14.8. The third-order valence-electron chi connectivity index (χ3n) is 3.00. The summed E-state index contributed by atoms with van der Waals surface area (Å²) in [4.78, 5) is 13.2. The second-order valence-corrected chi connectivity index (χ2v) is 4.80. The maximum absolute atomic E-state index is 11.3. The standard InChI is InChI=1S/C14H20ClNO2/c1-4-8-16(13(5-2)14(17)18)11-7-6-10(3)12(15)9-11/h6-7,9,13H,4-5,8H2,1-3H3,(H,17,18). The van der Waals surface area contributed by atoms with Gasteiger partial charge in [-0.3, -0.25) is 0 Å². The van der Waals surface area contributed by atoms with Gasteiger partial charge in [-0.2, -0.15) is 0 Å². The summed E-state index contributed by atoms with van der Waals surface area (Å²) in [6.07, 6.45) is 1.47. The predicted molar refractivity (Wildman–Crippen MR) is 75.5 cm³/mol. The quantitative estimate of drug-likeness (QED) is 0.855. The number of rotatable bonds is 6. The molecule has 1 atom stereocenters. The number of aryl methyl sites for hydroxylation is 1. The summed E-state index contributed by atoms with van der Waals surface area (Å²) in [5.41, 5.74) is 1.88. The molecular weight excluding hydrogens is 250 g/mol. The molecule has 0 aromatic heterocycles. The van der Waals surface area contributed by atoms with Gasteiger partial charge in [0.25, 0.3) is 0 Å². The molecule has 0 amide bonds. The lowest BCUT2D eigenvalue weighted by atomic mass is 10.1. The lowest BCUT2D eigenvalue weighted by Gasteiger charge is -2.30. The summed E-state index contributed by atoms with van der Waals surface area (Å²) in [6, 6.07) is 5.21. The van der Waals surface area contributed by atoms with Crippen LogP contribution in [0.1, 0.15) is 32.3 Å². The molecule has 0 spiro atoms.